The van der Waals surface area contributed by atoms with Crippen molar-refractivity contribution in [3.63, 3.8) is 0 Å². The van der Waals surface area contributed by atoms with E-state index in [2.05, 4.69) is 33.8 Å². The number of hydrogen-bond acceptors (Lipinski definition) is 5. The third kappa shape index (κ3) is 3.84. The first-order chi connectivity index (χ1) is 17.7. The highest BCUT2D eigenvalue weighted by Crippen LogP contribution is 2.70. The molecule has 0 aromatic rings. The molecule has 2 heterocycles. The van der Waals surface area contributed by atoms with Crippen molar-refractivity contribution < 1.29 is 24.1 Å². The third-order valence-corrected chi connectivity index (χ3v) is 12.7. The van der Waals surface area contributed by atoms with Crippen molar-refractivity contribution in [1.29, 1.82) is 0 Å². The van der Waals surface area contributed by atoms with Crippen LogP contribution in [0.5, 0.6) is 0 Å². The Kier molecular flexibility index (Phi) is 6.48. The maximum Gasteiger partial charge on any atom is 0.311 e. The SMILES string of the molecule is C[C@H]1CC[C@@]2(OC1)O[C@H]1C=C3[C@@H]4CC[C@H]5C[C@H](O)[C@@H](Cl)C[C@]5(C)[C@H]4C[C@H](OC(=O)C(C)(C)C)[C@]3(C)[C@H]1[C@@H]2C. The first-order valence-electron chi connectivity index (χ1n) is 15.3. The molecular formula is C32H49ClO5. The van der Waals surface area contributed by atoms with Gasteiger partial charge in [0, 0.05) is 23.7 Å². The molecule has 1 spiro atoms. The van der Waals surface area contributed by atoms with Crippen molar-refractivity contribution in [2.24, 2.45) is 51.8 Å². The lowest BCUT2D eigenvalue weighted by Gasteiger charge is -2.62. The molecule has 13 atom stereocenters. The maximum absolute atomic E-state index is 13.4. The summed E-state index contributed by atoms with van der Waals surface area (Å²) in [7, 11) is 0. The normalized spacial score (nSPS) is 54.0. The molecule has 2 saturated heterocycles. The number of rotatable bonds is 1. The Bertz CT molecular complexity index is 994. The van der Waals surface area contributed by atoms with Crippen molar-refractivity contribution in [2.45, 2.75) is 123 Å². The fourth-order valence-corrected chi connectivity index (χ4v) is 10.3. The summed E-state index contributed by atoms with van der Waals surface area (Å²) in [6.45, 7) is 15.9. The lowest BCUT2D eigenvalue weighted by Crippen LogP contribution is -2.59. The number of carbonyl (C=O) groups is 1. The molecule has 2 aliphatic heterocycles. The van der Waals surface area contributed by atoms with E-state index in [9.17, 15) is 9.90 Å². The van der Waals surface area contributed by atoms with Gasteiger partial charge in [-0.15, -0.1) is 11.6 Å². The number of halogens is 1. The minimum absolute atomic E-state index is 0.00696. The molecule has 1 N–H and O–H groups in total. The van der Waals surface area contributed by atoms with Crippen LogP contribution in [0.1, 0.15) is 93.4 Å². The molecule has 5 fully saturated rings. The molecule has 0 unspecified atom stereocenters. The number of aliphatic hydroxyl groups excluding tert-OH is 1. The molecule has 214 valence electrons. The number of esters is 1. The molecular weight excluding hydrogens is 500 g/mol. The van der Waals surface area contributed by atoms with Crippen molar-refractivity contribution in [3.8, 4) is 0 Å². The second-order valence-corrected chi connectivity index (χ2v) is 16.0. The predicted molar refractivity (Wildman–Crippen MR) is 147 cm³/mol. The molecule has 6 aliphatic rings. The van der Waals surface area contributed by atoms with Gasteiger partial charge in [0.25, 0.3) is 0 Å². The predicted octanol–water partition coefficient (Wildman–Crippen LogP) is 6.50. The third-order valence-electron chi connectivity index (χ3n) is 12.2. The lowest BCUT2D eigenvalue weighted by atomic mass is 9.44. The van der Waals surface area contributed by atoms with Gasteiger partial charge < -0.3 is 19.3 Å². The van der Waals surface area contributed by atoms with E-state index in [-0.39, 0.29) is 46.2 Å². The molecule has 0 bridgehead atoms. The van der Waals surface area contributed by atoms with Crippen LogP contribution in [0.4, 0.5) is 0 Å². The van der Waals surface area contributed by atoms with Gasteiger partial charge in [-0.1, -0.05) is 39.3 Å². The van der Waals surface area contributed by atoms with Crippen molar-refractivity contribution in [1.82, 2.24) is 0 Å². The zero-order chi connectivity index (χ0) is 27.4. The largest absolute Gasteiger partial charge is 0.461 e. The van der Waals surface area contributed by atoms with E-state index < -0.39 is 17.3 Å². The summed E-state index contributed by atoms with van der Waals surface area (Å²) in [5.74, 6) is 1.62. The standard InChI is InChI=1S/C32H49ClO5/c1-17-10-11-32(36-16-17)18(2)27-25(38-32)13-22-20-9-8-19-12-24(34)23(33)15-30(19,6)21(20)14-26(31(22,27)7)37-28(35)29(3,4)5/h13,17-21,23-27,34H,8-12,14-16H2,1-7H3/t17-,18-,19-,20+,21-,23-,24-,25-,26-,27-,30-,31+,32+/m0/s1. The number of fused-ring (bicyclic) bond motifs is 7. The van der Waals surface area contributed by atoms with Crippen LogP contribution >= 0.6 is 11.6 Å². The minimum atomic E-state index is -0.564. The Balaban J connectivity index is 1.40. The molecule has 0 aromatic heterocycles. The molecule has 0 amide bonds. The van der Waals surface area contributed by atoms with E-state index in [1.54, 1.807) is 0 Å². The summed E-state index contributed by atoms with van der Waals surface area (Å²) in [5.41, 5.74) is 0.640. The smallest absolute Gasteiger partial charge is 0.311 e. The molecule has 4 aliphatic carbocycles. The van der Waals surface area contributed by atoms with Gasteiger partial charge in [-0.25, -0.2) is 0 Å². The van der Waals surface area contributed by atoms with E-state index in [1.807, 2.05) is 20.8 Å². The number of aliphatic hydroxyl groups is 1. The number of ether oxygens (including phenoxy) is 3. The fraction of sp³-hybridized carbons (Fsp3) is 0.906. The Morgan fingerprint density at radius 3 is 2.55 bits per heavy atom. The highest BCUT2D eigenvalue weighted by Gasteiger charge is 2.70. The van der Waals surface area contributed by atoms with Crippen LogP contribution in [0.2, 0.25) is 0 Å². The highest BCUT2D eigenvalue weighted by atomic mass is 35.5. The summed E-state index contributed by atoms with van der Waals surface area (Å²) in [5, 5.41) is 10.4. The average molecular weight is 549 g/mol. The maximum atomic E-state index is 13.4. The van der Waals surface area contributed by atoms with Crippen LogP contribution in [-0.4, -0.2) is 47.2 Å². The number of alkyl halides is 1. The molecule has 0 aromatic carbocycles. The summed E-state index contributed by atoms with van der Waals surface area (Å²) < 4.78 is 20.0. The Morgan fingerprint density at radius 1 is 1.16 bits per heavy atom. The van der Waals surface area contributed by atoms with Crippen LogP contribution in [0.25, 0.3) is 0 Å². The number of hydrogen-bond donors (Lipinski definition) is 1. The van der Waals surface area contributed by atoms with Crippen LogP contribution in [0.3, 0.4) is 0 Å². The zero-order valence-electron chi connectivity index (χ0n) is 24.5. The van der Waals surface area contributed by atoms with E-state index in [1.165, 1.54) is 5.57 Å². The molecule has 38 heavy (non-hydrogen) atoms. The highest BCUT2D eigenvalue weighted by molar-refractivity contribution is 6.21. The van der Waals surface area contributed by atoms with Crippen molar-refractivity contribution in [2.75, 3.05) is 6.61 Å². The van der Waals surface area contributed by atoms with Gasteiger partial charge in [-0.2, -0.15) is 0 Å². The monoisotopic (exact) mass is 548 g/mol. The van der Waals surface area contributed by atoms with Crippen LogP contribution in [-0.2, 0) is 19.0 Å². The van der Waals surface area contributed by atoms with Crippen LogP contribution in [0.15, 0.2) is 11.6 Å². The number of carbonyl (C=O) groups excluding carboxylic acids is 1. The fourth-order valence-electron chi connectivity index (χ4n) is 9.91. The molecule has 5 nitrogen and oxygen atoms in total. The summed E-state index contributed by atoms with van der Waals surface area (Å²) in [6.07, 6.45) is 8.54. The average Bonchev–Trinajstić information content (AvgIpc) is 3.28. The molecule has 3 saturated carbocycles. The van der Waals surface area contributed by atoms with Crippen LogP contribution < -0.4 is 0 Å². The summed E-state index contributed by atoms with van der Waals surface area (Å²) >= 11 is 6.73. The zero-order valence-corrected chi connectivity index (χ0v) is 25.2. The van der Waals surface area contributed by atoms with Gasteiger partial charge in [0.05, 0.1) is 29.6 Å². The summed E-state index contributed by atoms with van der Waals surface area (Å²) in [4.78, 5) is 13.4. The Labute approximate surface area is 234 Å². The molecule has 6 heteroatoms. The lowest BCUT2D eigenvalue weighted by molar-refractivity contribution is -0.265. The van der Waals surface area contributed by atoms with Crippen molar-refractivity contribution in [3.05, 3.63) is 11.6 Å². The Hall–Kier alpha value is -0.620. The molecule has 0 radical (unpaired) electrons. The summed E-state index contributed by atoms with van der Waals surface area (Å²) in [6, 6.07) is 0. The van der Waals surface area contributed by atoms with E-state index in [4.69, 9.17) is 25.8 Å². The first kappa shape index (κ1) is 27.5. The first-order valence-corrected chi connectivity index (χ1v) is 15.7. The second kappa shape index (κ2) is 8.94. The second-order valence-electron chi connectivity index (χ2n) is 15.5. The van der Waals surface area contributed by atoms with Crippen LogP contribution in [0, 0.1) is 51.8 Å². The Morgan fingerprint density at radius 2 is 1.89 bits per heavy atom. The van der Waals surface area contributed by atoms with Gasteiger partial charge in [0.1, 0.15) is 6.10 Å². The van der Waals surface area contributed by atoms with Gasteiger partial charge in [-0.05, 0) is 88.4 Å². The topological polar surface area (TPSA) is 65.0 Å². The minimum Gasteiger partial charge on any atom is -0.461 e. The van der Waals surface area contributed by atoms with Gasteiger partial charge in [0.15, 0.2) is 5.79 Å². The van der Waals surface area contributed by atoms with E-state index in [0.29, 0.717) is 23.7 Å². The van der Waals surface area contributed by atoms with Gasteiger partial charge in [0.2, 0.25) is 0 Å². The van der Waals surface area contributed by atoms with Gasteiger partial charge >= 0.3 is 5.97 Å². The van der Waals surface area contributed by atoms with E-state index in [0.717, 1.165) is 51.6 Å². The molecule has 6 rings (SSSR count). The quantitative estimate of drug-likeness (QED) is 0.230. The van der Waals surface area contributed by atoms with Gasteiger partial charge in [-0.3, -0.25) is 4.79 Å². The van der Waals surface area contributed by atoms with Crippen molar-refractivity contribution >= 4 is 17.6 Å². The van der Waals surface area contributed by atoms with E-state index >= 15 is 0 Å².